The Morgan fingerprint density at radius 3 is 2.60 bits per heavy atom. The second kappa shape index (κ2) is 4.45. The smallest absolute Gasteiger partial charge is 0.205 e. The first-order valence-electron chi connectivity index (χ1n) is 5.47. The van der Waals surface area contributed by atoms with E-state index >= 15 is 0 Å². The number of aromatic nitrogens is 2. The van der Waals surface area contributed by atoms with Gasteiger partial charge in [-0.1, -0.05) is 0 Å². The Kier molecular flexibility index (Phi) is 3.21. The summed E-state index contributed by atoms with van der Waals surface area (Å²) in [4.78, 5) is 6.73. The molecular formula is C10H18N4S. The van der Waals surface area contributed by atoms with Gasteiger partial charge in [0.05, 0.1) is 0 Å². The average molecular weight is 226 g/mol. The largest absolute Gasteiger partial charge is 0.347 e. The van der Waals surface area contributed by atoms with Crippen LogP contribution in [0.1, 0.15) is 25.6 Å². The van der Waals surface area contributed by atoms with E-state index in [9.17, 15) is 0 Å². The number of piperidine rings is 1. The van der Waals surface area contributed by atoms with Crippen molar-refractivity contribution < 1.29 is 0 Å². The second-order valence-electron chi connectivity index (χ2n) is 4.31. The third kappa shape index (κ3) is 2.46. The van der Waals surface area contributed by atoms with E-state index in [2.05, 4.69) is 21.2 Å². The number of anilines is 1. The van der Waals surface area contributed by atoms with Gasteiger partial charge in [-0.2, -0.15) is 4.37 Å². The molecule has 15 heavy (non-hydrogen) atoms. The van der Waals surface area contributed by atoms with Gasteiger partial charge in [0.2, 0.25) is 5.13 Å². The Hall–Kier alpha value is -0.680. The van der Waals surface area contributed by atoms with Crippen LogP contribution in [0.2, 0.25) is 0 Å². The van der Waals surface area contributed by atoms with Crippen LogP contribution < -0.4 is 10.6 Å². The molecule has 0 bridgehead atoms. The first kappa shape index (κ1) is 10.8. The topological polar surface area (TPSA) is 55.0 Å². The van der Waals surface area contributed by atoms with Crippen LogP contribution in [0.15, 0.2) is 0 Å². The Morgan fingerprint density at radius 1 is 1.47 bits per heavy atom. The van der Waals surface area contributed by atoms with Crippen molar-refractivity contribution in [3.05, 3.63) is 5.82 Å². The lowest BCUT2D eigenvalue weighted by atomic mass is 9.91. The normalized spacial score (nSPS) is 20.6. The van der Waals surface area contributed by atoms with Crippen molar-refractivity contribution in [3.63, 3.8) is 0 Å². The molecule has 1 aromatic heterocycles. The third-order valence-corrected chi connectivity index (χ3v) is 3.94. The lowest BCUT2D eigenvalue weighted by Crippen LogP contribution is -2.39. The summed E-state index contributed by atoms with van der Waals surface area (Å²) in [6, 6.07) is 0.323. The quantitative estimate of drug-likeness (QED) is 0.828. The van der Waals surface area contributed by atoms with Crippen molar-refractivity contribution in [2.45, 2.75) is 32.7 Å². The molecule has 1 saturated heterocycles. The summed E-state index contributed by atoms with van der Waals surface area (Å²) in [7, 11) is 0. The minimum absolute atomic E-state index is 0.323. The molecule has 1 atom stereocenters. The maximum absolute atomic E-state index is 5.91. The van der Waals surface area contributed by atoms with E-state index in [1.165, 1.54) is 24.4 Å². The van der Waals surface area contributed by atoms with Crippen LogP contribution in [0, 0.1) is 12.8 Å². The average Bonchev–Trinajstić information content (AvgIpc) is 2.65. The molecule has 0 radical (unpaired) electrons. The molecule has 0 aliphatic carbocycles. The summed E-state index contributed by atoms with van der Waals surface area (Å²) in [5.74, 6) is 1.56. The van der Waals surface area contributed by atoms with E-state index < -0.39 is 0 Å². The standard InChI is InChI=1S/C10H18N4S/c1-7(11)9-3-5-14(6-4-9)10-12-8(2)13-15-10/h7,9H,3-6,11H2,1-2H3. The van der Waals surface area contributed by atoms with Gasteiger partial charge in [0.25, 0.3) is 0 Å². The van der Waals surface area contributed by atoms with Gasteiger partial charge in [0, 0.05) is 30.7 Å². The monoisotopic (exact) mass is 226 g/mol. The van der Waals surface area contributed by atoms with Crippen LogP contribution in [-0.4, -0.2) is 28.5 Å². The fraction of sp³-hybridized carbons (Fsp3) is 0.800. The van der Waals surface area contributed by atoms with Crippen LogP contribution in [0.3, 0.4) is 0 Å². The summed E-state index contributed by atoms with van der Waals surface area (Å²) in [5.41, 5.74) is 5.91. The van der Waals surface area contributed by atoms with E-state index in [-0.39, 0.29) is 0 Å². The van der Waals surface area contributed by atoms with Crippen LogP contribution in [0.25, 0.3) is 0 Å². The minimum Gasteiger partial charge on any atom is -0.347 e. The molecule has 5 heteroatoms. The van der Waals surface area contributed by atoms with Crippen molar-refractivity contribution in [1.29, 1.82) is 0 Å². The molecule has 0 saturated carbocycles. The van der Waals surface area contributed by atoms with Gasteiger partial charge in [0.15, 0.2) is 0 Å². The molecule has 1 fully saturated rings. The summed E-state index contributed by atoms with van der Waals surface area (Å²) in [6.07, 6.45) is 2.35. The van der Waals surface area contributed by atoms with Crippen molar-refractivity contribution in [3.8, 4) is 0 Å². The number of aryl methyl sites for hydroxylation is 1. The van der Waals surface area contributed by atoms with Gasteiger partial charge in [-0.05, 0) is 32.6 Å². The van der Waals surface area contributed by atoms with Gasteiger partial charge in [-0.3, -0.25) is 0 Å². The molecule has 1 aliphatic heterocycles. The second-order valence-corrected chi connectivity index (χ2v) is 5.04. The van der Waals surface area contributed by atoms with Gasteiger partial charge in [-0.15, -0.1) is 0 Å². The van der Waals surface area contributed by atoms with Gasteiger partial charge >= 0.3 is 0 Å². The molecule has 1 unspecified atom stereocenters. The SMILES string of the molecule is Cc1nsc(N2CCC(C(C)N)CC2)n1. The number of nitrogens with two attached hydrogens (primary N) is 1. The molecular weight excluding hydrogens is 208 g/mol. The lowest BCUT2D eigenvalue weighted by molar-refractivity contribution is 0.354. The lowest BCUT2D eigenvalue weighted by Gasteiger charge is -2.33. The van der Waals surface area contributed by atoms with E-state index in [0.717, 1.165) is 24.0 Å². The molecule has 1 aromatic rings. The zero-order valence-electron chi connectivity index (χ0n) is 9.31. The molecule has 1 aliphatic rings. The van der Waals surface area contributed by atoms with Gasteiger partial charge < -0.3 is 10.6 Å². The van der Waals surface area contributed by atoms with Crippen LogP contribution in [-0.2, 0) is 0 Å². The van der Waals surface area contributed by atoms with Crippen molar-refractivity contribution in [1.82, 2.24) is 9.36 Å². The molecule has 2 heterocycles. The van der Waals surface area contributed by atoms with E-state index in [1.54, 1.807) is 0 Å². The zero-order valence-corrected chi connectivity index (χ0v) is 10.1. The van der Waals surface area contributed by atoms with E-state index in [1.807, 2.05) is 6.92 Å². The Morgan fingerprint density at radius 2 is 2.13 bits per heavy atom. The highest BCUT2D eigenvalue weighted by Crippen LogP contribution is 2.25. The minimum atomic E-state index is 0.323. The van der Waals surface area contributed by atoms with E-state index in [0.29, 0.717) is 12.0 Å². The number of nitrogens with zero attached hydrogens (tertiary/aromatic N) is 3. The third-order valence-electron chi connectivity index (χ3n) is 3.07. The Bertz CT molecular complexity index is 315. The number of hydrogen-bond acceptors (Lipinski definition) is 5. The highest BCUT2D eigenvalue weighted by Gasteiger charge is 2.23. The Labute approximate surface area is 94.7 Å². The maximum atomic E-state index is 5.91. The Balaban J connectivity index is 1.93. The van der Waals surface area contributed by atoms with Gasteiger partial charge in [-0.25, -0.2) is 4.98 Å². The van der Waals surface area contributed by atoms with E-state index in [4.69, 9.17) is 5.73 Å². The summed E-state index contributed by atoms with van der Waals surface area (Å²) in [6.45, 7) is 6.19. The fourth-order valence-corrected chi connectivity index (χ4v) is 2.76. The zero-order chi connectivity index (χ0) is 10.8. The van der Waals surface area contributed by atoms with Crippen LogP contribution >= 0.6 is 11.5 Å². The predicted molar refractivity (Wildman–Crippen MR) is 63.2 cm³/mol. The molecule has 2 N–H and O–H groups in total. The molecule has 2 rings (SSSR count). The van der Waals surface area contributed by atoms with Crippen LogP contribution in [0.4, 0.5) is 5.13 Å². The highest BCUT2D eigenvalue weighted by atomic mass is 32.1. The fourth-order valence-electron chi connectivity index (χ4n) is 2.03. The van der Waals surface area contributed by atoms with Gasteiger partial charge in [0.1, 0.15) is 5.82 Å². The summed E-state index contributed by atoms with van der Waals surface area (Å²) >= 11 is 1.50. The number of hydrogen-bond donors (Lipinski definition) is 1. The number of rotatable bonds is 2. The van der Waals surface area contributed by atoms with Crippen LogP contribution in [0.5, 0.6) is 0 Å². The first-order chi connectivity index (χ1) is 7.16. The summed E-state index contributed by atoms with van der Waals surface area (Å²) < 4.78 is 4.21. The first-order valence-corrected chi connectivity index (χ1v) is 6.25. The maximum Gasteiger partial charge on any atom is 0.205 e. The van der Waals surface area contributed by atoms with Crippen molar-refractivity contribution in [2.24, 2.45) is 11.7 Å². The molecule has 0 aromatic carbocycles. The predicted octanol–water partition coefficient (Wildman–Crippen LogP) is 1.41. The molecule has 84 valence electrons. The van der Waals surface area contributed by atoms with Crippen molar-refractivity contribution >= 4 is 16.7 Å². The van der Waals surface area contributed by atoms with Crippen molar-refractivity contribution in [2.75, 3.05) is 18.0 Å². The highest BCUT2D eigenvalue weighted by molar-refractivity contribution is 7.09. The molecule has 4 nitrogen and oxygen atoms in total. The molecule has 0 spiro atoms. The molecule has 0 amide bonds. The summed E-state index contributed by atoms with van der Waals surface area (Å²) in [5, 5.41) is 1.07.